The van der Waals surface area contributed by atoms with E-state index < -0.39 is 5.91 Å². The largest absolute Gasteiger partial charge is 0.490 e. The number of benzene rings is 3. The summed E-state index contributed by atoms with van der Waals surface area (Å²) in [6.45, 7) is 11.2. The van der Waals surface area contributed by atoms with Crippen molar-refractivity contribution in [2.24, 2.45) is 0 Å². The van der Waals surface area contributed by atoms with E-state index in [1.165, 1.54) is 5.56 Å². The Bertz CT molecular complexity index is 1460. The lowest BCUT2D eigenvalue weighted by molar-refractivity contribution is 0.0976. The van der Waals surface area contributed by atoms with E-state index in [0.717, 1.165) is 23.1 Å². The number of carbonyl (C=O) groups excluding carboxylic acids is 1. The van der Waals surface area contributed by atoms with Crippen LogP contribution in [0.25, 0.3) is 22.6 Å². The van der Waals surface area contributed by atoms with Crippen LogP contribution >= 0.6 is 12.2 Å². The number of anilines is 1. The Morgan fingerprint density at radius 2 is 1.57 bits per heavy atom. The van der Waals surface area contributed by atoms with Gasteiger partial charge < -0.3 is 23.9 Å². The molecule has 4 rings (SSSR count). The molecule has 8 nitrogen and oxygen atoms in total. The zero-order valence-electron chi connectivity index (χ0n) is 23.5. The summed E-state index contributed by atoms with van der Waals surface area (Å²) in [6, 6.07) is 16.9. The molecule has 0 saturated heterocycles. The smallest absolute Gasteiger partial charge is 0.257 e. The Balaban J connectivity index is 1.45. The van der Waals surface area contributed by atoms with Gasteiger partial charge in [-0.1, -0.05) is 19.9 Å². The zero-order valence-corrected chi connectivity index (χ0v) is 24.3. The topological polar surface area (TPSA) is 94.9 Å². The minimum absolute atomic E-state index is 0.155. The van der Waals surface area contributed by atoms with Crippen molar-refractivity contribution in [3.05, 3.63) is 65.7 Å². The van der Waals surface area contributed by atoms with Gasteiger partial charge in [-0.15, -0.1) is 0 Å². The van der Waals surface area contributed by atoms with Crippen molar-refractivity contribution in [2.45, 2.75) is 47.0 Å². The predicted molar refractivity (Wildman–Crippen MR) is 162 cm³/mol. The second kappa shape index (κ2) is 13.3. The lowest BCUT2D eigenvalue weighted by Crippen LogP contribution is -2.34. The first-order valence-electron chi connectivity index (χ1n) is 13.6. The molecule has 210 valence electrons. The average molecular weight is 562 g/mol. The van der Waals surface area contributed by atoms with E-state index in [1.54, 1.807) is 12.1 Å². The van der Waals surface area contributed by atoms with Gasteiger partial charge in [0.15, 0.2) is 22.2 Å². The van der Waals surface area contributed by atoms with Crippen molar-refractivity contribution in [1.82, 2.24) is 10.3 Å². The number of amides is 1. The molecule has 0 unspecified atom stereocenters. The van der Waals surface area contributed by atoms with Gasteiger partial charge in [-0.3, -0.25) is 10.1 Å². The maximum absolute atomic E-state index is 13.0. The maximum atomic E-state index is 13.0. The highest BCUT2D eigenvalue weighted by Crippen LogP contribution is 2.39. The number of ether oxygens (including phenoxy) is 3. The second-order valence-corrected chi connectivity index (χ2v) is 9.55. The van der Waals surface area contributed by atoms with Gasteiger partial charge in [-0.05, 0) is 99.4 Å². The van der Waals surface area contributed by atoms with Gasteiger partial charge in [-0.25, -0.2) is 4.98 Å². The molecule has 1 aromatic heterocycles. The molecule has 0 aliphatic carbocycles. The SMILES string of the molecule is CCOc1cc(C(=O)NC(=S)Nc2ccc(-c3nc4cc([C@@H](C)CC)ccc4o3)cc2)cc(OCC)c1OCC. The van der Waals surface area contributed by atoms with Crippen LogP contribution in [0.15, 0.2) is 59.0 Å². The Hall–Kier alpha value is -4.11. The Kier molecular flexibility index (Phi) is 9.60. The number of rotatable bonds is 11. The second-order valence-electron chi connectivity index (χ2n) is 9.14. The number of hydrogen-bond acceptors (Lipinski definition) is 7. The summed E-state index contributed by atoms with van der Waals surface area (Å²) < 4.78 is 23.1. The van der Waals surface area contributed by atoms with Crippen LogP contribution in [-0.2, 0) is 0 Å². The third kappa shape index (κ3) is 6.71. The molecule has 0 aliphatic heterocycles. The van der Waals surface area contributed by atoms with Crippen molar-refractivity contribution < 1.29 is 23.4 Å². The van der Waals surface area contributed by atoms with E-state index in [0.29, 0.717) is 60.1 Å². The average Bonchev–Trinajstić information content (AvgIpc) is 3.38. The third-order valence-electron chi connectivity index (χ3n) is 6.38. The van der Waals surface area contributed by atoms with Crippen LogP contribution in [0.5, 0.6) is 17.2 Å². The molecule has 0 fully saturated rings. The molecule has 1 heterocycles. The molecule has 4 aromatic rings. The van der Waals surface area contributed by atoms with Crippen molar-refractivity contribution in [3.8, 4) is 28.7 Å². The summed E-state index contributed by atoms with van der Waals surface area (Å²) in [5.41, 5.74) is 4.72. The van der Waals surface area contributed by atoms with Gasteiger partial charge in [0.1, 0.15) is 5.52 Å². The number of aromatic nitrogens is 1. The van der Waals surface area contributed by atoms with Crippen LogP contribution in [-0.4, -0.2) is 35.8 Å². The van der Waals surface area contributed by atoms with Crippen LogP contribution in [0.1, 0.15) is 62.9 Å². The van der Waals surface area contributed by atoms with Gasteiger partial charge >= 0.3 is 0 Å². The van der Waals surface area contributed by atoms with Crippen molar-refractivity contribution in [2.75, 3.05) is 25.1 Å². The van der Waals surface area contributed by atoms with Crippen LogP contribution in [0.2, 0.25) is 0 Å². The van der Waals surface area contributed by atoms with E-state index in [4.69, 9.17) is 30.8 Å². The van der Waals surface area contributed by atoms with E-state index in [2.05, 4.69) is 41.6 Å². The predicted octanol–water partition coefficient (Wildman–Crippen LogP) is 7.33. The highest BCUT2D eigenvalue weighted by atomic mass is 32.1. The highest BCUT2D eigenvalue weighted by Gasteiger charge is 2.19. The lowest BCUT2D eigenvalue weighted by Gasteiger charge is -2.17. The number of hydrogen-bond donors (Lipinski definition) is 2. The number of fused-ring (bicyclic) bond motifs is 1. The van der Waals surface area contributed by atoms with E-state index in [9.17, 15) is 4.79 Å². The number of thiocarbonyl (C=S) groups is 1. The van der Waals surface area contributed by atoms with E-state index in [-0.39, 0.29) is 5.11 Å². The molecule has 0 radical (unpaired) electrons. The Labute approximate surface area is 240 Å². The minimum atomic E-state index is -0.401. The quantitative estimate of drug-likeness (QED) is 0.184. The molecule has 2 N–H and O–H groups in total. The van der Waals surface area contributed by atoms with Gasteiger partial charge in [0.25, 0.3) is 5.91 Å². The van der Waals surface area contributed by atoms with Crippen molar-refractivity contribution in [3.63, 3.8) is 0 Å². The summed E-state index contributed by atoms with van der Waals surface area (Å²) >= 11 is 5.40. The lowest BCUT2D eigenvalue weighted by atomic mass is 9.98. The minimum Gasteiger partial charge on any atom is -0.490 e. The fraction of sp³-hybridized carbons (Fsp3) is 0.323. The third-order valence-corrected chi connectivity index (χ3v) is 6.59. The van der Waals surface area contributed by atoms with Gasteiger partial charge in [0.2, 0.25) is 11.6 Å². The molecule has 1 amide bonds. The normalized spacial score (nSPS) is 11.6. The molecule has 0 bridgehead atoms. The highest BCUT2D eigenvalue weighted by molar-refractivity contribution is 7.80. The molecule has 9 heteroatoms. The summed E-state index contributed by atoms with van der Waals surface area (Å²) in [7, 11) is 0. The fourth-order valence-corrected chi connectivity index (χ4v) is 4.37. The number of nitrogens with one attached hydrogen (secondary N) is 2. The fourth-order valence-electron chi connectivity index (χ4n) is 4.16. The maximum Gasteiger partial charge on any atom is 0.257 e. The molecule has 1 atom stereocenters. The van der Waals surface area contributed by atoms with Crippen LogP contribution < -0.4 is 24.8 Å². The molecule has 40 heavy (non-hydrogen) atoms. The number of nitrogens with zero attached hydrogens (tertiary/aromatic N) is 1. The van der Waals surface area contributed by atoms with Crippen molar-refractivity contribution in [1.29, 1.82) is 0 Å². The monoisotopic (exact) mass is 561 g/mol. The molecular weight excluding hydrogens is 526 g/mol. The summed E-state index contributed by atoms with van der Waals surface area (Å²) in [4.78, 5) is 17.7. The molecular formula is C31H35N3O5S. The standard InChI is InChI=1S/C31H35N3O5S/c1-6-19(5)21-12-15-25-24(16-21)33-30(39-25)20-10-13-23(14-11-20)32-31(40)34-29(35)22-17-26(36-7-2)28(38-9-4)27(18-22)37-8-3/h10-19H,6-9H2,1-5H3,(H2,32,34,35,40)/t19-/m0/s1. The number of carbonyl (C=O) groups is 1. The first-order chi connectivity index (χ1) is 19.4. The van der Waals surface area contributed by atoms with Crippen LogP contribution in [0.3, 0.4) is 0 Å². The van der Waals surface area contributed by atoms with E-state index >= 15 is 0 Å². The van der Waals surface area contributed by atoms with Gasteiger partial charge in [-0.2, -0.15) is 0 Å². The number of oxazole rings is 1. The summed E-state index contributed by atoms with van der Waals surface area (Å²) in [5, 5.41) is 5.92. The Morgan fingerprint density at radius 3 is 2.17 bits per heavy atom. The summed E-state index contributed by atoms with van der Waals surface area (Å²) in [5.74, 6) is 1.95. The molecule has 3 aromatic carbocycles. The first-order valence-corrected chi connectivity index (χ1v) is 14.0. The summed E-state index contributed by atoms with van der Waals surface area (Å²) in [6.07, 6.45) is 1.07. The Morgan fingerprint density at radius 1 is 0.925 bits per heavy atom. The van der Waals surface area contributed by atoms with Crippen molar-refractivity contribution >= 4 is 40.0 Å². The zero-order chi connectivity index (χ0) is 28.6. The van der Waals surface area contributed by atoms with Gasteiger partial charge in [0.05, 0.1) is 19.8 Å². The molecule has 0 aliphatic rings. The van der Waals surface area contributed by atoms with E-state index in [1.807, 2.05) is 51.1 Å². The van der Waals surface area contributed by atoms with Gasteiger partial charge in [0, 0.05) is 16.8 Å². The van der Waals surface area contributed by atoms with Crippen LogP contribution in [0.4, 0.5) is 5.69 Å². The first kappa shape index (κ1) is 28.9. The molecule has 0 saturated carbocycles. The van der Waals surface area contributed by atoms with Crippen LogP contribution in [0, 0.1) is 0 Å². The molecule has 0 spiro atoms.